The summed E-state index contributed by atoms with van der Waals surface area (Å²) < 4.78 is 12.5. The summed E-state index contributed by atoms with van der Waals surface area (Å²) in [5, 5.41) is 10.1. The van der Waals surface area contributed by atoms with Gasteiger partial charge in [-0.2, -0.15) is 0 Å². The first-order valence-corrected chi connectivity index (χ1v) is 12.8. The van der Waals surface area contributed by atoms with E-state index in [1.54, 1.807) is 18.2 Å². The van der Waals surface area contributed by atoms with Gasteiger partial charge in [0.2, 0.25) is 10.9 Å². The van der Waals surface area contributed by atoms with Crippen LogP contribution in [-0.2, 0) is 6.42 Å². The van der Waals surface area contributed by atoms with E-state index in [4.69, 9.17) is 9.15 Å². The lowest BCUT2D eigenvalue weighted by Gasteiger charge is -2.22. The second-order valence-electron chi connectivity index (χ2n) is 8.00. The maximum atomic E-state index is 13.7. The average molecular weight is 540 g/mol. The van der Waals surface area contributed by atoms with Crippen molar-refractivity contribution in [2.45, 2.75) is 39.2 Å². The Morgan fingerprint density at radius 3 is 2.62 bits per heavy atom. The number of aromatic nitrogens is 2. The second-order valence-corrected chi connectivity index (χ2v) is 9.95. The molecule has 1 amide bonds. The topological polar surface area (TPSA) is 85.5 Å². The molecular weight excluding hydrogens is 518 g/mol. The van der Waals surface area contributed by atoms with Crippen molar-refractivity contribution >= 4 is 49.3 Å². The highest BCUT2D eigenvalue weighted by Crippen LogP contribution is 2.42. The molecule has 4 aromatic rings. The maximum Gasteiger partial charge on any atom is 0.297 e. The largest absolute Gasteiger partial charge is 0.494 e. The standard InChI is InChI=1S/C25H22BrN3O4S/c1-3-5-12-32-16-9-6-14(7-10-16)21-20-22(30)17-13-15(26)8-11-18(17)33-23(20)24(31)29(21)25-28-27-19(4-2)34-25/h6-11,13,21H,3-5,12H2,1-2H3. The number of halogens is 1. The van der Waals surface area contributed by atoms with Gasteiger partial charge < -0.3 is 9.15 Å². The van der Waals surface area contributed by atoms with E-state index in [9.17, 15) is 9.59 Å². The predicted octanol–water partition coefficient (Wildman–Crippen LogP) is 5.90. The lowest BCUT2D eigenvalue weighted by Crippen LogP contribution is -2.29. The van der Waals surface area contributed by atoms with Crippen molar-refractivity contribution in [3.8, 4) is 5.75 Å². The van der Waals surface area contributed by atoms with Crippen LogP contribution < -0.4 is 15.1 Å². The van der Waals surface area contributed by atoms with E-state index in [2.05, 4.69) is 33.1 Å². The smallest absolute Gasteiger partial charge is 0.297 e. The van der Waals surface area contributed by atoms with Gasteiger partial charge in [0.15, 0.2) is 5.43 Å². The Morgan fingerprint density at radius 1 is 1.12 bits per heavy atom. The monoisotopic (exact) mass is 539 g/mol. The fraction of sp³-hybridized carbons (Fsp3) is 0.280. The molecule has 1 aliphatic heterocycles. The molecule has 174 valence electrons. The Balaban J connectivity index is 1.66. The van der Waals surface area contributed by atoms with Gasteiger partial charge in [-0.1, -0.05) is 59.7 Å². The number of rotatable bonds is 7. The Morgan fingerprint density at radius 2 is 1.91 bits per heavy atom. The zero-order valence-corrected chi connectivity index (χ0v) is 21.1. The summed E-state index contributed by atoms with van der Waals surface area (Å²) >= 11 is 4.76. The fourth-order valence-corrected chi connectivity index (χ4v) is 5.19. The third kappa shape index (κ3) is 3.92. The zero-order chi connectivity index (χ0) is 23.8. The number of nitrogens with zero attached hydrogens (tertiary/aromatic N) is 3. The van der Waals surface area contributed by atoms with Crippen LogP contribution in [0.3, 0.4) is 0 Å². The van der Waals surface area contributed by atoms with Crippen LogP contribution in [0.25, 0.3) is 11.0 Å². The lowest BCUT2D eigenvalue weighted by atomic mass is 9.98. The molecule has 2 aromatic carbocycles. The maximum absolute atomic E-state index is 13.7. The van der Waals surface area contributed by atoms with E-state index in [1.807, 2.05) is 31.2 Å². The number of benzene rings is 2. The quantitative estimate of drug-likeness (QED) is 0.272. The SMILES string of the molecule is CCCCOc1ccc(C2c3c(oc4ccc(Br)cc4c3=O)C(=O)N2c2nnc(CC)s2)cc1. The summed E-state index contributed by atoms with van der Waals surface area (Å²) in [5.41, 5.74) is 1.21. The van der Waals surface area contributed by atoms with Crippen LogP contribution in [0, 0.1) is 0 Å². The molecule has 0 bridgehead atoms. The summed E-state index contributed by atoms with van der Waals surface area (Å²) in [4.78, 5) is 28.8. The number of fused-ring (bicyclic) bond motifs is 2. The Labute approximate surface area is 208 Å². The first-order chi connectivity index (χ1) is 16.5. The Hall–Kier alpha value is -3.04. The van der Waals surface area contributed by atoms with E-state index >= 15 is 0 Å². The van der Waals surface area contributed by atoms with Gasteiger partial charge in [-0.3, -0.25) is 14.5 Å². The number of carbonyl (C=O) groups excluding carboxylic acids is 1. The van der Waals surface area contributed by atoms with E-state index in [1.165, 1.54) is 16.2 Å². The summed E-state index contributed by atoms with van der Waals surface area (Å²) in [6, 6.07) is 12.0. The molecule has 9 heteroatoms. The molecule has 0 N–H and O–H groups in total. The molecule has 5 rings (SSSR count). The van der Waals surface area contributed by atoms with Crippen LogP contribution in [0.2, 0.25) is 0 Å². The molecule has 0 saturated heterocycles. The molecule has 3 heterocycles. The molecule has 1 aliphatic rings. The van der Waals surface area contributed by atoms with Crippen LogP contribution in [-0.4, -0.2) is 22.7 Å². The molecule has 0 radical (unpaired) electrons. The number of unbranched alkanes of at least 4 members (excludes halogenated alkanes) is 1. The third-order valence-electron chi connectivity index (χ3n) is 5.76. The van der Waals surface area contributed by atoms with E-state index in [-0.39, 0.29) is 11.2 Å². The van der Waals surface area contributed by atoms with Crippen LogP contribution in [0.15, 0.2) is 56.1 Å². The summed E-state index contributed by atoms with van der Waals surface area (Å²) in [7, 11) is 0. The van der Waals surface area contributed by atoms with Gasteiger partial charge >= 0.3 is 0 Å². The van der Waals surface area contributed by atoms with Crippen molar-refractivity contribution in [3.05, 3.63) is 79.1 Å². The number of anilines is 1. The number of hydrogen-bond donors (Lipinski definition) is 0. The van der Waals surface area contributed by atoms with Crippen molar-refractivity contribution in [1.82, 2.24) is 10.2 Å². The van der Waals surface area contributed by atoms with Gasteiger partial charge in [-0.05, 0) is 48.7 Å². The van der Waals surface area contributed by atoms with Crippen molar-refractivity contribution in [2.24, 2.45) is 0 Å². The number of amides is 1. The van der Waals surface area contributed by atoms with Crippen LogP contribution in [0.1, 0.15) is 59.4 Å². The van der Waals surface area contributed by atoms with Crippen LogP contribution in [0.4, 0.5) is 5.13 Å². The molecular formula is C25H22BrN3O4S. The van der Waals surface area contributed by atoms with Gasteiger partial charge in [0.1, 0.15) is 16.3 Å². The summed E-state index contributed by atoms with van der Waals surface area (Å²) in [5.74, 6) is 0.386. The van der Waals surface area contributed by atoms with E-state index in [0.29, 0.717) is 34.7 Å². The summed E-state index contributed by atoms with van der Waals surface area (Å²) in [6.07, 6.45) is 2.73. The van der Waals surface area contributed by atoms with Gasteiger partial charge in [-0.15, -0.1) is 10.2 Å². The Kier molecular flexibility index (Phi) is 6.22. The first kappa shape index (κ1) is 22.7. The lowest BCUT2D eigenvalue weighted by molar-refractivity contribution is 0.0970. The number of ether oxygens (including phenoxy) is 1. The van der Waals surface area contributed by atoms with Crippen molar-refractivity contribution in [2.75, 3.05) is 11.5 Å². The molecule has 0 fully saturated rings. The number of carbonyl (C=O) groups is 1. The normalized spacial score (nSPS) is 15.2. The highest BCUT2D eigenvalue weighted by molar-refractivity contribution is 9.10. The minimum absolute atomic E-state index is 0.0429. The second kappa shape index (κ2) is 9.31. The molecule has 1 unspecified atom stereocenters. The zero-order valence-electron chi connectivity index (χ0n) is 18.7. The van der Waals surface area contributed by atoms with Crippen molar-refractivity contribution in [3.63, 3.8) is 0 Å². The van der Waals surface area contributed by atoms with Crippen LogP contribution in [0.5, 0.6) is 5.75 Å². The Bertz CT molecular complexity index is 1430. The third-order valence-corrected chi connectivity index (χ3v) is 7.32. The van der Waals surface area contributed by atoms with Crippen molar-refractivity contribution < 1.29 is 13.9 Å². The summed E-state index contributed by atoms with van der Waals surface area (Å²) in [6.45, 7) is 4.73. The minimum atomic E-state index is -0.676. The molecule has 34 heavy (non-hydrogen) atoms. The highest BCUT2D eigenvalue weighted by atomic mass is 79.9. The number of aryl methyl sites for hydroxylation is 1. The average Bonchev–Trinajstić information content (AvgIpc) is 3.43. The molecule has 0 spiro atoms. The van der Waals surface area contributed by atoms with Gasteiger partial charge in [0, 0.05) is 4.47 Å². The van der Waals surface area contributed by atoms with Crippen molar-refractivity contribution in [1.29, 1.82) is 0 Å². The number of hydrogen-bond acceptors (Lipinski definition) is 7. The minimum Gasteiger partial charge on any atom is -0.494 e. The van der Waals surface area contributed by atoms with E-state index < -0.39 is 11.9 Å². The highest BCUT2D eigenvalue weighted by Gasteiger charge is 2.45. The van der Waals surface area contributed by atoms with Crippen LogP contribution >= 0.6 is 27.3 Å². The van der Waals surface area contributed by atoms with Gasteiger partial charge in [-0.25, -0.2) is 0 Å². The molecule has 1 atom stereocenters. The molecule has 7 nitrogen and oxygen atoms in total. The molecule has 2 aromatic heterocycles. The fourth-order valence-electron chi connectivity index (χ4n) is 4.02. The molecule has 0 aliphatic carbocycles. The first-order valence-electron chi connectivity index (χ1n) is 11.2. The van der Waals surface area contributed by atoms with Gasteiger partial charge in [0.05, 0.1) is 23.6 Å². The van der Waals surface area contributed by atoms with Gasteiger partial charge in [0.25, 0.3) is 5.91 Å². The molecule has 0 saturated carbocycles. The van der Waals surface area contributed by atoms with E-state index in [0.717, 1.165) is 33.6 Å². The predicted molar refractivity (Wildman–Crippen MR) is 135 cm³/mol.